The average molecular weight is 407 g/mol. The molecule has 2 aromatic carbocycles. The lowest BCUT2D eigenvalue weighted by Crippen LogP contribution is -2.12. The van der Waals surface area contributed by atoms with Crippen LogP contribution in [0.3, 0.4) is 0 Å². The number of rotatable bonds is 6. The smallest absolute Gasteiger partial charge is 0.238 e. The Bertz CT molecular complexity index is 750. The minimum absolute atomic E-state index is 0.0396. The predicted molar refractivity (Wildman–Crippen MR) is 88.0 cm³/mol. The number of halogens is 2. The number of hydrogen-bond donors (Lipinski definition) is 1. The molecule has 2 aromatic rings. The Labute approximate surface area is 142 Å². The van der Waals surface area contributed by atoms with Crippen molar-refractivity contribution in [1.29, 1.82) is 0 Å². The fourth-order valence-electron chi connectivity index (χ4n) is 1.63. The van der Waals surface area contributed by atoms with Crippen LogP contribution < -0.4 is 14.6 Å². The Balaban J connectivity index is 1.84. The van der Waals surface area contributed by atoms with Gasteiger partial charge in [-0.15, -0.1) is 0 Å². The van der Waals surface area contributed by atoms with Crippen LogP contribution in [-0.4, -0.2) is 21.6 Å². The molecule has 2 N–H and O–H groups in total. The number of hydrogen-bond acceptors (Lipinski definition) is 4. The third-order valence-corrected chi connectivity index (χ3v) is 4.37. The van der Waals surface area contributed by atoms with Crippen LogP contribution in [-0.2, 0) is 10.0 Å². The molecule has 0 heterocycles. The Hall–Kier alpha value is -1.28. The Morgan fingerprint density at radius 2 is 1.68 bits per heavy atom. The molecule has 5 nitrogen and oxygen atoms in total. The summed E-state index contributed by atoms with van der Waals surface area (Å²) < 4.78 is 34.1. The molecule has 2 rings (SSSR count). The Morgan fingerprint density at radius 3 is 2.27 bits per heavy atom. The first-order chi connectivity index (χ1) is 10.4. The van der Waals surface area contributed by atoms with E-state index in [-0.39, 0.29) is 4.90 Å². The summed E-state index contributed by atoms with van der Waals surface area (Å²) in [5.41, 5.74) is 0. The SMILES string of the molecule is NS(=O)(=O)c1ccc(OCCOc2ccc(Br)cc2Cl)cc1. The lowest BCUT2D eigenvalue weighted by atomic mass is 10.3. The highest BCUT2D eigenvalue weighted by Crippen LogP contribution is 2.27. The molecule has 0 aromatic heterocycles. The van der Waals surface area contributed by atoms with E-state index >= 15 is 0 Å². The van der Waals surface area contributed by atoms with Crippen LogP contribution in [0.5, 0.6) is 11.5 Å². The summed E-state index contributed by atoms with van der Waals surface area (Å²) >= 11 is 9.33. The van der Waals surface area contributed by atoms with E-state index in [4.69, 9.17) is 26.2 Å². The second-order valence-electron chi connectivity index (χ2n) is 4.29. The minimum atomic E-state index is -3.69. The van der Waals surface area contributed by atoms with Crippen molar-refractivity contribution < 1.29 is 17.9 Å². The summed E-state index contributed by atoms with van der Waals surface area (Å²) in [5, 5.41) is 5.52. The molecular formula is C14H13BrClNO4S. The summed E-state index contributed by atoms with van der Waals surface area (Å²) in [7, 11) is -3.69. The highest BCUT2D eigenvalue weighted by Gasteiger charge is 2.07. The summed E-state index contributed by atoms with van der Waals surface area (Å²) in [6.45, 7) is 0.597. The first-order valence-corrected chi connectivity index (χ1v) is 8.91. The van der Waals surface area contributed by atoms with Crippen molar-refractivity contribution >= 4 is 37.6 Å². The average Bonchev–Trinajstić information content (AvgIpc) is 2.45. The molecular weight excluding hydrogens is 394 g/mol. The van der Waals surface area contributed by atoms with Gasteiger partial charge in [0.2, 0.25) is 10.0 Å². The van der Waals surface area contributed by atoms with E-state index in [0.29, 0.717) is 29.7 Å². The van der Waals surface area contributed by atoms with Gasteiger partial charge in [0, 0.05) is 4.47 Å². The summed E-state index contributed by atoms with van der Waals surface area (Å²) in [6.07, 6.45) is 0. The lowest BCUT2D eigenvalue weighted by molar-refractivity contribution is 0.217. The van der Waals surface area contributed by atoms with Gasteiger partial charge in [-0.1, -0.05) is 27.5 Å². The van der Waals surface area contributed by atoms with Crippen LogP contribution in [0.4, 0.5) is 0 Å². The number of benzene rings is 2. The molecule has 0 atom stereocenters. The maximum absolute atomic E-state index is 11.1. The van der Waals surface area contributed by atoms with Gasteiger partial charge < -0.3 is 9.47 Å². The zero-order valence-corrected chi connectivity index (χ0v) is 14.5. The van der Waals surface area contributed by atoms with Crippen molar-refractivity contribution in [1.82, 2.24) is 0 Å². The van der Waals surface area contributed by atoms with Crippen LogP contribution in [0.25, 0.3) is 0 Å². The molecule has 0 bridgehead atoms. The lowest BCUT2D eigenvalue weighted by Gasteiger charge is -2.10. The molecule has 0 saturated carbocycles. The quantitative estimate of drug-likeness (QED) is 0.747. The molecule has 0 amide bonds. The van der Waals surface area contributed by atoms with Gasteiger partial charge in [0.1, 0.15) is 24.7 Å². The van der Waals surface area contributed by atoms with Crippen LogP contribution in [0.2, 0.25) is 5.02 Å². The second kappa shape index (κ2) is 7.32. The highest BCUT2D eigenvalue weighted by atomic mass is 79.9. The number of ether oxygens (including phenoxy) is 2. The van der Waals surface area contributed by atoms with Crippen molar-refractivity contribution in [3.8, 4) is 11.5 Å². The Morgan fingerprint density at radius 1 is 1.05 bits per heavy atom. The zero-order valence-electron chi connectivity index (χ0n) is 11.3. The van der Waals surface area contributed by atoms with E-state index in [1.807, 2.05) is 6.07 Å². The van der Waals surface area contributed by atoms with E-state index in [2.05, 4.69) is 15.9 Å². The van der Waals surface area contributed by atoms with Crippen LogP contribution in [0.15, 0.2) is 51.8 Å². The molecule has 0 saturated heterocycles. The molecule has 0 aliphatic carbocycles. The van der Waals surface area contributed by atoms with Crippen molar-refractivity contribution in [2.75, 3.05) is 13.2 Å². The third kappa shape index (κ3) is 4.88. The van der Waals surface area contributed by atoms with Gasteiger partial charge in [-0.3, -0.25) is 0 Å². The molecule has 0 fully saturated rings. The van der Waals surface area contributed by atoms with Gasteiger partial charge in [0.05, 0.1) is 9.92 Å². The molecule has 0 unspecified atom stereocenters. The fraction of sp³-hybridized carbons (Fsp3) is 0.143. The van der Waals surface area contributed by atoms with Crippen LogP contribution in [0.1, 0.15) is 0 Å². The van der Waals surface area contributed by atoms with Gasteiger partial charge in [0.15, 0.2) is 0 Å². The molecule has 0 radical (unpaired) electrons. The monoisotopic (exact) mass is 405 g/mol. The molecule has 0 aliphatic heterocycles. The summed E-state index contributed by atoms with van der Waals surface area (Å²) in [5.74, 6) is 1.09. The number of primary sulfonamides is 1. The zero-order chi connectivity index (χ0) is 16.2. The number of sulfonamides is 1. The summed E-state index contributed by atoms with van der Waals surface area (Å²) in [4.78, 5) is 0.0396. The van der Waals surface area contributed by atoms with Gasteiger partial charge in [-0.05, 0) is 42.5 Å². The maximum atomic E-state index is 11.1. The fourth-order valence-corrected chi connectivity index (χ4v) is 2.87. The molecule has 0 aliphatic rings. The van der Waals surface area contributed by atoms with E-state index in [1.165, 1.54) is 24.3 Å². The predicted octanol–water partition coefficient (Wildman–Crippen LogP) is 3.21. The number of nitrogens with two attached hydrogens (primary N) is 1. The topological polar surface area (TPSA) is 78.6 Å². The summed E-state index contributed by atoms with van der Waals surface area (Å²) in [6, 6.07) is 11.2. The largest absolute Gasteiger partial charge is 0.490 e. The van der Waals surface area contributed by atoms with Crippen molar-refractivity contribution in [2.24, 2.45) is 5.14 Å². The van der Waals surface area contributed by atoms with Gasteiger partial charge in [0.25, 0.3) is 0 Å². The molecule has 22 heavy (non-hydrogen) atoms. The van der Waals surface area contributed by atoms with Crippen LogP contribution in [0, 0.1) is 0 Å². The third-order valence-electron chi connectivity index (χ3n) is 2.66. The van der Waals surface area contributed by atoms with Crippen molar-refractivity contribution in [3.05, 3.63) is 52.0 Å². The van der Waals surface area contributed by atoms with Crippen LogP contribution >= 0.6 is 27.5 Å². The van der Waals surface area contributed by atoms with Crippen molar-refractivity contribution in [2.45, 2.75) is 4.90 Å². The second-order valence-corrected chi connectivity index (χ2v) is 7.17. The molecule has 0 spiro atoms. The first kappa shape index (κ1) is 17.1. The van der Waals surface area contributed by atoms with Gasteiger partial charge >= 0.3 is 0 Å². The maximum Gasteiger partial charge on any atom is 0.238 e. The Kier molecular flexibility index (Phi) is 5.69. The first-order valence-electron chi connectivity index (χ1n) is 6.20. The van der Waals surface area contributed by atoms with Crippen molar-refractivity contribution in [3.63, 3.8) is 0 Å². The van der Waals surface area contributed by atoms with Gasteiger partial charge in [-0.25, -0.2) is 13.6 Å². The minimum Gasteiger partial charge on any atom is -0.490 e. The standard InChI is InChI=1S/C14H13BrClNO4S/c15-10-1-6-14(13(16)9-10)21-8-7-20-11-2-4-12(5-3-11)22(17,18)19/h1-6,9H,7-8H2,(H2,17,18,19). The molecule has 8 heteroatoms. The van der Waals surface area contributed by atoms with E-state index in [9.17, 15) is 8.42 Å². The molecule has 118 valence electrons. The van der Waals surface area contributed by atoms with Gasteiger partial charge in [-0.2, -0.15) is 0 Å². The normalized spacial score (nSPS) is 11.2. The van der Waals surface area contributed by atoms with E-state index in [0.717, 1.165) is 4.47 Å². The van der Waals surface area contributed by atoms with E-state index < -0.39 is 10.0 Å². The van der Waals surface area contributed by atoms with E-state index in [1.54, 1.807) is 12.1 Å². The highest BCUT2D eigenvalue weighted by molar-refractivity contribution is 9.10.